The van der Waals surface area contributed by atoms with Crippen LogP contribution in [0.1, 0.15) is 19.5 Å². The van der Waals surface area contributed by atoms with E-state index in [2.05, 4.69) is 46.2 Å². The number of aromatic nitrogens is 1. The van der Waals surface area contributed by atoms with Crippen LogP contribution in [0.5, 0.6) is 0 Å². The van der Waals surface area contributed by atoms with Crippen molar-refractivity contribution in [1.82, 2.24) is 4.98 Å². The Hall–Kier alpha value is -0.593. The first-order valence-electron chi connectivity index (χ1n) is 4.29. The van der Waals surface area contributed by atoms with Gasteiger partial charge in [0.25, 0.3) is 0 Å². The Bertz CT molecular complexity index is 321. The highest BCUT2D eigenvalue weighted by molar-refractivity contribution is 9.10. The minimum Gasteiger partial charge on any atom is -0.247 e. The monoisotopic (exact) mass is 253 g/mol. The third kappa shape index (κ3) is 4.25. The molecule has 13 heavy (non-hydrogen) atoms. The summed E-state index contributed by atoms with van der Waals surface area (Å²) in [6, 6.07) is 3.90. The molecule has 0 bridgehead atoms. The van der Waals surface area contributed by atoms with Gasteiger partial charge in [-0.1, -0.05) is 19.8 Å². The van der Waals surface area contributed by atoms with Crippen molar-refractivity contribution in [2.24, 2.45) is 0 Å². The molecule has 0 aliphatic rings. The van der Waals surface area contributed by atoms with Crippen LogP contribution in [0.4, 0.5) is 0 Å². The van der Waals surface area contributed by atoms with E-state index in [-0.39, 0.29) is 9.52 Å². The summed E-state index contributed by atoms with van der Waals surface area (Å²) < 4.78 is 0.999. The molecule has 0 atom stereocenters. The van der Waals surface area contributed by atoms with Gasteiger partial charge in [0.2, 0.25) is 0 Å². The summed E-state index contributed by atoms with van der Waals surface area (Å²) in [4.78, 5) is 4.18. The minimum absolute atomic E-state index is 0.220. The van der Waals surface area contributed by atoms with Crippen LogP contribution >= 0.6 is 15.9 Å². The van der Waals surface area contributed by atoms with Gasteiger partial charge in [-0.3, -0.25) is 0 Å². The Kier molecular flexibility index (Phi) is 4.20. The van der Waals surface area contributed by atoms with E-state index < -0.39 is 0 Å². The Morgan fingerprint density at radius 2 is 2.23 bits per heavy atom. The zero-order valence-corrected chi connectivity index (χ0v) is 10.8. The van der Waals surface area contributed by atoms with Crippen molar-refractivity contribution in [3.8, 4) is 11.5 Å². The molecule has 1 rings (SSSR count). The second kappa shape index (κ2) is 5.20. The summed E-state index contributed by atoms with van der Waals surface area (Å²) in [5.74, 6) is 3.08. The van der Waals surface area contributed by atoms with Crippen LogP contribution < -0.4 is 0 Å². The molecule has 0 spiro atoms. The highest BCUT2D eigenvalue weighted by Crippen LogP contribution is 2.06. The number of pyridine rings is 1. The largest absolute Gasteiger partial charge is 0.247 e. The maximum Gasteiger partial charge on any atom is 0.112 e. The van der Waals surface area contributed by atoms with E-state index in [1.807, 2.05) is 12.1 Å². The van der Waals surface area contributed by atoms with Crippen molar-refractivity contribution >= 4 is 25.4 Å². The Morgan fingerprint density at radius 3 is 2.77 bits per heavy atom. The summed E-state index contributed by atoms with van der Waals surface area (Å²) >= 11 is 3.33. The standard InChI is InChI=1S/C10H12BrNSi/c1-8(2)13-6-5-10-4-3-9(11)7-12-10/h3-4,7-8H,13H2,1-2H3. The van der Waals surface area contributed by atoms with Crippen molar-refractivity contribution in [3.63, 3.8) is 0 Å². The van der Waals surface area contributed by atoms with E-state index in [4.69, 9.17) is 0 Å². The molecule has 0 radical (unpaired) electrons. The summed E-state index contributed by atoms with van der Waals surface area (Å²) in [5.41, 5.74) is 4.87. The summed E-state index contributed by atoms with van der Waals surface area (Å²) in [6.07, 6.45) is 1.78. The molecule has 0 fully saturated rings. The van der Waals surface area contributed by atoms with E-state index in [0.717, 1.165) is 15.7 Å². The molecule has 0 aliphatic heterocycles. The van der Waals surface area contributed by atoms with Crippen LogP contribution in [0.3, 0.4) is 0 Å². The summed E-state index contributed by atoms with van der Waals surface area (Å²) in [7, 11) is -0.220. The first kappa shape index (κ1) is 10.5. The molecule has 0 saturated carbocycles. The molecule has 1 heterocycles. The van der Waals surface area contributed by atoms with Crippen molar-refractivity contribution in [3.05, 3.63) is 28.5 Å². The number of hydrogen-bond donors (Lipinski definition) is 0. The van der Waals surface area contributed by atoms with Crippen LogP contribution in [-0.2, 0) is 0 Å². The maximum absolute atomic E-state index is 4.18. The second-order valence-electron chi connectivity index (χ2n) is 3.26. The number of halogens is 1. The first-order valence-corrected chi connectivity index (χ1v) is 6.60. The fourth-order valence-electron chi connectivity index (χ4n) is 0.795. The van der Waals surface area contributed by atoms with Gasteiger partial charge in [-0.15, -0.1) is 5.54 Å². The number of rotatable bonds is 1. The highest BCUT2D eigenvalue weighted by Gasteiger charge is 1.90. The molecule has 0 saturated heterocycles. The smallest absolute Gasteiger partial charge is 0.112 e. The van der Waals surface area contributed by atoms with Gasteiger partial charge in [0.05, 0.1) is 0 Å². The number of hydrogen-bond acceptors (Lipinski definition) is 1. The zero-order chi connectivity index (χ0) is 9.68. The Labute approximate surface area is 89.9 Å². The molecule has 3 heteroatoms. The average molecular weight is 254 g/mol. The van der Waals surface area contributed by atoms with Crippen LogP contribution in [-0.4, -0.2) is 14.5 Å². The normalized spacial score (nSPS) is 10.5. The quantitative estimate of drug-likeness (QED) is 0.552. The predicted octanol–water partition coefficient (Wildman–Crippen LogP) is 2.15. The number of nitrogens with zero attached hydrogens (tertiary/aromatic N) is 1. The van der Waals surface area contributed by atoms with Crippen LogP contribution in [0.25, 0.3) is 0 Å². The van der Waals surface area contributed by atoms with Gasteiger partial charge in [0, 0.05) is 10.7 Å². The van der Waals surface area contributed by atoms with E-state index in [9.17, 15) is 0 Å². The van der Waals surface area contributed by atoms with Crippen molar-refractivity contribution < 1.29 is 0 Å². The van der Waals surface area contributed by atoms with Gasteiger partial charge < -0.3 is 0 Å². The van der Waals surface area contributed by atoms with Gasteiger partial charge in [-0.05, 0) is 33.6 Å². The van der Waals surface area contributed by atoms with Gasteiger partial charge in [0.1, 0.15) is 15.2 Å². The third-order valence-corrected chi connectivity index (χ3v) is 3.12. The molecular weight excluding hydrogens is 242 g/mol. The van der Waals surface area contributed by atoms with Gasteiger partial charge in [-0.2, -0.15) is 0 Å². The van der Waals surface area contributed by atoms with Crippen molar-refractivity contribution in [2.75, 3.05) is 0 Å². The Morgan fingerprint density at radius 1 is 1.46 bits per heavy atom. The van der Waals surface area contributed by atoms with Crippen molar-refractivity contribution in [1.29, 1.82) is 0 Å². The molecule has 1 aromatic rings. The molecule has 68 valence electrons. The van der Waals surface area contributed by atoms with Crippen molar-refractivity contribution in [2.45, 2.75) is 19.4 Å². The van der Waals surface area contributed by atoms with E-state index in [1.54, 1.807) is 6.20 Å². The average Bonchev–Trinajstić information content (AvgIpc) is 2.08. The fraction of sp³-hybridized carbons (Fsp3) is 0.300. The molecule has 0 amide bonds. The second-order valence-corrected chi connectivity index (χ2v) is 6.57. The lowest BCUT2D eigenvalue weighted by Gasteiger charge is -1.92. The zero-order valence-electron chi connectivity index (χ0n) is 7.84. The lowest BCUT2D eigenvalue weighted by molar-refractivity contribution is 1.07. The van der Waals surface area contributed by atoms with Gasteiger partial charge in [-0.25, -0.2) is 4.98 Å². The predicted molar refractivity (Wildman–Crippen MR) is 62.5 cm³/mol. The van der Waals surface area contributed by atoms with Crippen LogP contribution in [0.2, 0.25) is 5.54 Å². The summed E-state index contributed by atoms with van der Waals surface area (Å²) in [5, 5.41) is 0. The highest BCUT2D eigenvalue weighted by atomic mass is 79.9. The lowest BCUT2D eigenvalue weighted by atomic mass is 10.4. The van der Waals surface area contributed by atoms with Crippen LogP contribution in [0.15, 0.2) is 22.8 Å². The van der Waals surface area contributed by atoms with Crippen LogP contribution in [0, 0.1) is 11.5 Å². The third-order valence-electron chi connectivity index (χ3n) is 1.45. The SMILES string of the molecule is CC(C)[SiH2]C#Cc1ccc(Br)cn1. The van der Waals surface area contributed by atoms with Gasteiger partial charge in [0.15, 0.2) is 0 Å². The molecular formula is C10H12BrNSi. The molecule has 0 unspecified atom stereocenters. The lowest BCUT2D eigenvalue weighted by Crippen LogP contribution is -1.90. The topological polar surface area (TPSA) is 12.9 Å². The fourth-order valence-corrected chi connectivity index (χ4v) is 1.72. The molecule has 1 nitrogen and oxygen atoms in total. The van der Waals surface area contributed by atoms with E-state index >= 15 is 0 Å². The minimum atomic E-state index is -0.220. The van der Waals surface area contributed by atoms with Gasteiger partial charge >= 0.3 is 0 Å². The maximum atomic E-state index is 4.18. The summed E-state index contributed by atoms with van der Waals surface area (Å²) in [6.45, 7) is 4.44. The van der Waals surface area contributed by atoms with E-state index in [0.29, 0.717) is 0 Å². The molecule has 0 N–H and O–H groups in total. The van der Waals surface area contributed by atoms with E-state index in [1.165, 1.54) is 0 Å². The Balaban J connectivity index is 2.62. The molecule has 1 aromatic heterocycles. The molecule has 0 aliphatic carbocycles. The molecule has 0 aromatic carbocycles. The first-order chi connectivity index (χ1) is 6.18.